The van der Waals surface area contributed by atoms with Gasteiger partial charge in [0.15, 0.2) is 0 Å². The zero-order valence-electron chi connectivity index (χ0n) is 10.3. The van der Waals surface area contributed by atoms with Crippen LogP contribution >= 0.6 is 15.9 Å². The molecule has 0 unspecified atom stereocenters. The van der Waals surface area contributed by atoms with Crippen molar-refractivity contribution in [3.8, 4) is 0 Å². The van der Waals surface area contributed by atoms with Crippen molar-refractivity contribution >= 4 is 21.8 Å². The number of carbonyl (C=O) groups is 1. The van der Waals surface area contributed by atoms with Gasteiger partial charge in [0.1, 0.15) is 0 Å². The molecule has 0 aromatic heterocycles. The Balaban J connectivity index is 2.09. The van der Waals surface area contributed by atoms with E-state index in [2.05, 4.69) is 20.8 Å². The summed E-state index contributed by atoms with van der Waals surface area (Å²) in [5.74, 6) is -0.287. The number of nitrogens with two attached hydrogens (primary N) is 1. The highest BCUT2D eigenvalue weighted by molar-refractivity contribution is 9.10. The average Bonchev–Trinajstić information content (AvgIpc) is 2.38. The second-order valence-corrected chi connectivity index (χ2v) is 5.40. The molecule has 4 nitrogen and oxygen atoms in total. The molecule has 1 aromatic carbocycles. The first kappa shape index (κ1) is 13.5. The Hall–Kier alpha value is -0.910. The molecule has 1 heterocycles. The number of hydrogen-bond acceptors (Lipinski definition) is 3. The highest BCUT2D eigenvalue weighted by Gasteiger charge is 2.27. The largest absolute Gasteiger partial charge is 0.371 e. The molecule has 0 aliphatic carbocycles. The second kappa shape index (κ2) is 5.82. The number of halogens is 1. The van der Waals surface area contributed by atoms with Gasteiger partial charge in [-0.3, -0.25) is 9.69 Å². The molecule has 0 radical (unpaired) electrons. The summed E-state index contributed by atoms with van der Waals surface area (Å²) < 4.78 is 6.80. The van der Waals surface area contributed by atoms with Gasteiger partial charge in [0.05, 0.1) is 18.8 Å². The molecule has 0 spiro atoms. The summed E-state index contributed by atoms with van der Waals surface area (Å²) in [6.45, 7) is 3.90. The number of primary amides is 1. The van der Waals surface area contributed by atoms with Crippen LogP contribution in [0.3, 0.4) is 0 Å². The van der Waals surface area contributed by atoms with Gasteiger partial charge in [-0.25, -0.2) is 0 Å². The molecule has 1 aliphatic heterocycles. The molecule has 2 N–H and O–H groups in total. The average molecular weight is 313 g/mol. The van der Waals surface area contributed by atoms with Crippen molar-refractivity contribution in [2.45, 2.75) is 19.1 Å². The fourth-order valence-electron chi connectivity index (χ4n) is 2.11. The predicted molar refractivity (Wildman–Crippen MR) is 73.1 cm³/mol. The third kappa shape index (κ3) is 3.10. The molecular weight excluding hydrogens is 296 g/mol. The summed E-state index contributed by atoms with van der Waals surface area (Å²) in [7, 11) is 0. The number of amides is 1. The molecule has 18 heavy (non-hydrogen) atoms. The van der Waals surface area contributed by atoms with Crippen molar-refractivity contribution in [3.05, 3.63) is 34.3 Å². The predicted octanol–water partition coefficient (Wildman–Crippen LogP) is 1.70. The third-order valence-corrected chi connectivity index (χ3v) is 3.77. The number of carbonyl (C=O) groups excluding carboxylic acids is 1. The van der Waals surface area contributed by atoms with E-state index in [-0.39, 0.29) is 18.1 Å². The lowest BCUT2D eigenvalue weighted by Gasteiger charge is -2.35. The molecule has 1 saturated heterocycles. The van der Waals surface area contributed by atoms with Crippen molar-refractivity contribution < 1.29 is 9.53 Å². The quantitative estimate of drug-likeness (QED) is 0.924. The Labute approximate surface area is 115 Å². The second-order valence-electron chi connectivity index (χ2n) is 4.49. The summed E-state index contributed by atoms with van der Waals surface area (Å²) >= 11 is 3.45. The lowest BCUT2D eigenvalue weighted by atomic mass is 10.1. The van der Waals surface area contributed by atoms with Crippen molar-refractivity contribution in [2.24, 2.45) is 5.73 Å². The number of nitrogens with zero attached hydrogens (tertiary/aromatic N) is 1. The van der Waals surface area contributed by atoms with Crippen LogP contribution in [0.15, 0.2) is 28.7 Å². The number of rotatable bonds is 3. The number of morpholine rings is 1. The fourth-order valence-corrected chi connectivity index (χ4v) is 2.53. The van der Waals surface area contributed by atoms with Gasteiger partial charge in [-0.15, -0.1) is 0 Å². The molecule has 1 aromatic rings. The van der Waals surface area contributed by atoms with Gasteiger partial charge in [0.25, 0.3) is 0 Å². The number of ether oxygens (including phenoxy) is 1. The maximum atomic E-state index is 11.2. The molecule has 1 amide bonds. The topological polar surface area (TPSA) is 55.6 Å². The van der Waals surface area contributed by atoms with Crippen LogP contribution in [0.1, 0.15) is 18.6 Å². The van der Waals surface area contributed by atoms with E-state index in [0.29, 0.717) is 13.2 Å². The summed E-state index contributed by atoms with van der Waals surface area (Å²) in [5, 5.41) is 0. The zero-order valence-corrected chi connectivity index (χ0v) is 11.9. The minimum atomic E-state index is -0.287. The monoisotopic (exact) mass is 312 g/mol. The normalized spacial score (nSPS) is 22.7. The Morgan fingerprint density at radius 1 is 1.61 bits per heavy atom. The van der Waals surface area contributed by atoms with Crippen LogP contribution in [0.25, 0.3) is 0 Å². The Kier molecular flexibility index (Phi) is 4.37. The molecule has 98 valence electrons. The van der Waals surface area contributed by atoms with Gasteiger partial charge >= 0.3 is 0 Å². The molecule has 5 heteroatoms. The molecule has 2 atom stereocenters. The zero-order chi connectivity index (χ0) is 13.1. The lowest BCUT2D eigenvalue weighted by Crippen LogP contribution is -2.48. The first-order valence-corrected chi connectivity index (χ1v) is 6.77. The standard InChI is InChI=1S/C13H17BrN2O2/c1-9(13(15)17)16-5-6-18-12(8-16)10-3-2-4-11(14)7-10/h2-4,7,9,12H,5-6,8H2,1H3,(H2,15,17)/t9-,12-/m1/s1. The SMILES string of the molecule is C[C@H](C(N)=O)N1CCO[C@@H](c2cccc(Br)c2)C1. The highest BCUT2D eigenvalue weighted by atomic mass is 79.9. The van der Waals surface area contributed by atoms with E-state index in [4.69, 9.17) is 10.5 Å². The van der Waals surface area contributed by atoms with E-state index in [1.54, 1.807) is 0 Å². The first-order valence-electron chi connectivity index (χ1n) is 5.98. The van der Waals surface area contributed by atoms with Crippen LogP contribution in [-0.4, -0.2) is 36.5 Å². The van der Waals surface area contributed by atoms with Crippen LogP contribution in [0.5, 0.6) is 0 Å². The van der Waals surface area contributed by atoms with E-state index in [9.17, 15) is 4.79 Å². The van der Waals surface area contributed by atoms with E-state index in [1.165, 1.54) is 0 Å². The molecule has 0 bridgehead atoms. The summed E-state index contributed by atoms with van der Waals surface area (Å²) in [6.07, 6.45) is -0.00181. The third-order valence-electron chi connectivity index (χ3n) is 3.28. The fraction of sp³-hybridized carbons (Fsp3) is 0.462. The van der Waals surface area contributed by atoms with Crippen molar-refractivity contribution in [1.29, 1.82) is 0 Å². The smallest absolute Gasteiger partial charge is 0.234 e. The van der Waals surface area contributed by atoms with Gasteiger partial charge in [-0.1, -0.05) is 28.1 Å². The van der Waals surface area contributed by atoms with Gasteiger partial charge < -0.3 is 10.5 Å². The van der Waals surface area contributed by atoms with Gasteiger partial charge in [-0.05, 0) is 24.6 Å². The molecule has 0 saturated carbocycles. The van der Waals surface area contributed by atoms with Crippen LogP contribution in [0, 0.1) is 0 Å². The minimum Gasteiger partial charge on any atom is -0.371 e. The summed E-state index contributed by atoms with van der Waals surface area (Å²) in [6, 6.07) is 7.80. The van der Waals surface area contributed by atoms with Gasteiger partial charge in [0.2, 0.25) is 5.91 Å². The first-order chi connectivity index (χ1) is 8.58. The van der Waals surface area contributed by atoms with Crippen molar-refractivity contribution in [1.82, 2.24) is 4.90 Å². The van der Waals surface area contributed by atoms with Crippen molar-refractivity contribution in [3.63, 3.8) is 0 Å². The van der Waals surface area contributed by atoms with Crippen LogP contribution in [-0.2, 0) is 9.53 Å². The van der Waals surface area contributed by atoms with E-state index < -0.39 is 0 Å². The highest BCUT2D eigenvalue weighted by Crippen LogP contribution is 2.25. The van der Waals surface area contributed by atoms with E-state index in [1.807, 2.05) is 31.2 Å². The van der Waals surface area contributed by atoms with Crippen LogP contribution < -0.4 is 5.73 Å². The van der Waals surface area contributed by atoms with E-state index in [0.717, 1.165) is 16.6 Å². The summed E-state index contributed by atoms with van der Waals surface area (Å²) in [5.41, 5.74) is 6.46. The minimum absolute atomic E-state index is 0.00181. The molecular formula is C13H17BrN2O2. The molecule has 1 aliphatic rings. The molecule has 2 rings (SSSR count). The van der Waals surface area contributed by atoms with Crippen LogP contribution in [0.2, 0.25) is 0 Å². The Morgan fingerprint density at radius 3 is 3.06 bits per heavy atom. The Bertz CT molecular complexity index is 439. The van der Waals surface area contributed by atoms with E-state index >= 15 is 0 Å². The number of benzene rings is 1. The van der Waals surface area contributed by atoms with Crippen LogP contribution in [0.4, 0.5) is 0 Å². The molecule has 1 fully saturated rings. The summed E-state index contributed by atoms with van der Waals surface area (Å²) in [4.78, 5) is 13.3. The maximum absolute atomic E-state index is 11.2. The van der Waals surface area contributed by atoms with Gasteiger partial charge in [-0.2, -0.15) is 0 Å². The number of hydrogen-bond donors (Lipinski definition) is 1. The maximum Gasteiger partial charge on any atom is 0.234 e. The Morgan fingerprint density at radius 2 is 2.39 bits per heavy atom. The van der Waals surface area contributed by atoms with Crippen molar-refractivity contribution in [2.75, 3.05) is 19.7 Å². The van der Waals surface area contributed by atoms with Gasteiger partial charge in [0, 0.05) is 17.6 Å². The lowest BCUT2D eigenvalue weighted by molar-refractivity contribution is -0.126.